The smallest absolute Gasteiger partial charge is 0.271 e. The van der Waals surface area contributed by atoms with Crippen LogP contribution >= 0.6 is 0 Å². The molecule has 0 atom stereocenters. The third kappa shape index (κ3) is 6.47. The third-order valence-electron chi connectivity index (χ3n) is 2.53. The lowest BCUT2D eigenvalue weighted by atomic mass is 10.3. The van der Waals surface area contributed by atoms with Gasteiger partial charge in [-0.3, -0.25) is 9.78 Å². The highest BCUT2D eigenvalue weighted by atomic mass is 16.5. The number of carbonyl (C=O) groups is 1. The third-order valence-corrected chi connectivity index (χ3v) is 2.53. The quantitative estimate of drug-likeness (QED) is 0.675. The molecule has 0 aromatic carbocycles. The van der Waals surface area contributed by atoms with Crippen LogP contribution in [-0.4, -0.2) is 41.7 Å². The molecule has 0 fully saturated rings. The molecule has 0 aliphatic rings. The maximum atomic E-state index is 11.9. The van der Waals surface area contributed by atoms with Gasteiger partial charge in [0.1, 0.15) is 11.5 Å². The number of amides is 1. The number of nitrogens with zero attached hydrogens (tertiary/aromatic N) is 2. The first-order valence-corrected chi connectivity index (χ1v) is 7.09. The number of nitrogens with one attached hydrogen (secondary N) is 2. The first-order chi connectivity index (χ1) is 9.63. The topological polar surface area (TPSA) is 76.1 Å². The molecule has 112 valence electrons. The van der Waals surface area contributed by atoms with Crippen LogP contribution in [0.4, 0.5) is 5.82 Å². The molecule has 0 spiro atoms. The van der Waals surface area contributed by atoms with E-state index in [0.717, 1.165) is 26.0 Å². The summed E-state index contributed by atoms with van der Waals surface area (Å²) in [4.78, 5) is 20.1. The van der Waals surface area contributed by atoms with Crippen LogP contribution in [0.25, 0.3) is 0 Å². The van der Waals surface area contributed by atoms with E-state index >= 15 is 0 Å². The van der Waals surface area contributed by atoms with Crippen LogP contribution < -0.4 is 10.6 Å². The molecule has 6 heteroatoms. The fourth-order valence-corrected chi connectivity index (χ4v) is 1.58. The average molecular weight is 280 g/mol. The van der Waals surface area contributed by atoms with E-state index in [-0.39, 0.29) is 12.0 Å². The summed E-state index contributed by atoms with van der Waals surface area (Å²) in [6.07, 6.45) is 5.15. The molecule has 0 bridgehead atoms. The van der Waals surface area contributed by atoms with Crippen molar-refractivity contribution < 1.29 is 9.53 Å². The monoisotopic (exact) mass is 280 g/mol. The van der Waals surface area contributed by atoms with E-state index in [0.29, 0.717) is 18.1 Å². The summed E-state index contributed by atoms with van der Waals surface area (Å²) >= 11 is 0. The number of hydrogen-bond acceptors (Lipinski definition) is 5. The Balaban J connectivity index is 2.27. The Labute approximate surface area is 120 Å². The van der Waals surface area contributed by atoms with E-state index in [9.17, 15) is 4.79 Å². The van der Waals surface area contributed by atoms with Gasteiger partial charge in [0.2, 0.25) is 0 Å². The highest BCUT2D eigenvalue weighted by molar-refractivity contribution is 5.92. The van der Waals surface area contributed by atoms with E-state index in [4.69, 9.17) is 4.74 Å². The maximum absolute atomic E-state index is 11.9. The first-order valence-electron chi connectivity index (χ1n) is 7.09. The number of anilines is 1. The van der Waals surface area contributed by atoms with Gasteiger partial charge in [0, 0.05) is 19.7 Å². The Kier molecular flexibility index (Phi) is 7.57. The molecular weight excluding hydrogens is 256 g/mol. The van der Waals surface area contributed by atoms with Gasteiger partial charge in [-0.1, -0.05) is 0 Å². The van der Waals surface area contributed by atoms with Crippen molar-refractivity contribution in [1.29, 1.82) is 0 Å². The van der Waals surface area contributed by atoms with E-state index in [2.05, 4.69) is 20.6 Å². The lowest BCUT2D eigenvalue weighted by molar-refractivity contribution is 0.0754. The summed E-state index contributed by atoms with van der Waals surface area (Å²) in [6.45, 7) is 8.08. The molecule has 0 aliphatic carbocycles. The van der Waals surface area contributed by atoms with Crippen LogP contribution in [0.15, 0.2) is 12.4 Å². The van der Waals surface area contributed by atoms with Crippen molar-refractivity contribution in [3.8, 4) is 0 Å². The van der Waals surface area contributed by atoms with E-state index in [1.807, 2.05) is 20.8 Å². The highest BCUT2D eigenvalue weighted by Crippen LogP contribution is 2.01. The summed E-state index contributed by atoms with van der Waals surface area (Å²) in [5.74, 6) is 0.424. The Hall–Kier alpha value is -1.69. The van der Waals surface area contributed by atoms with E-state index < -0.39 is 0 Å². The molecule has 1 aromatic heterocycles. The number of carbonyl (C=O) groups excluding carboxylic acids is 1. The van der Waals surface area contributed by atoms with Gasteiger partial charge in [-0.15, -0.1) is 0 Å². The van der Waals surface area contributed by atoms with E-state index in [1.165, 1.54) is 6.20 Å². The molecule has 1 amide bonds. The lowest BCUT2D eigenvalue weighted by Gasteiger charge is -2.08. The molecule has 0 saturated heterocycles. The normalized spacial score (nSPS) is 10.6. The SMILES string of the molecule is CCNc1cncc(C(=O)NCCCCOC(C)C)n1. The lowest BCUT2D eigenvalue weighted by Crippen LogP contribution is -2.26. The Bertz CT molecular complexity index is 410. The second-order valence-corrected chi connectivity index (χ2v) is 4.70. The molecule has 1 heterocycles. The number of rotatable bonds is 9. The Morgan fingerprint density at radius 3 is 2.85 bits per heavy atom. The minimum Gasteiger partial charge on any atom is -0.379 e. The van der Waals surface area contributed by atoms with Crippen LogP contribution in [-0.2, 0) is 4.74 Å². The molecule has 20 heavy (non-hydrogen) atoms. The molecule has 0 aliphatic heterocycles. The molecule has 1 rings (SSSR count). The second kappa shape index (κ2) is 9.25. The fraction of sp³-hybridized carbons (Fsp3) is 0.643. The number of ether oxygens (including phenoxy) is 1. The van der Waals surface area contributed by atoms with Gasteiger partial charge >= 0.3 is 0 Å². The zero-order valence-corrected chi connectivity index (χ0v) is 12.5. The minimum absolute atomic E-state index is 0.193. The van der Waals surface area contributed by atoms with Crippen LogP contribution in [0.5, 0.6) is 0 Å². The van der Waals surface area contributed by atoms with Gasteiger partial charge in [-0.05, 0) is 33.6 Å². The maximum Gasteiger partial charge on any atom is 0.271 e. The standard InChI is InChI=1S/C14H24N4O2/c1-4-16-13-10-15-9-12(18-13)14(19)17-7-5-6-8-20-11(2)3/h9-11H,4-8H2,1-3H3,(H,16,18)(H,17,19). The van der Waals surface area contributed by atoms with Crippen molar-refractivity contribution in [1.82, 2.24) is 15.3 Å². The molecule has 0 saturated carbocycles. The average Bonchev–Trinajstić information content (AvgIpc) is 2.43. The van der Waals surface area contributed by atoms with Crippen molar-refractivity contribution in [2.75, 3.05) is 25.0 Å². The van der Waals surface area contributed by atoms with Crippen molar-refractivity contribution in [3.63, 3.8) is 0 Å². The summed E-state index contributed by atoms with van der Waals surface area (Å²) < 4.78 is 5.43. The Morgan fingerprint density at radius 1 is 1.35 bits per heavy atom. The highest BCUT2D eigenvalue weighted by Gasteiger charge is 2.07. The zero-order chi connectivity index (χ0) is 14.8. The van der Waals surface area contributed by atoms with Crippen molar-refractivity contribution in [2.45, 2.75) is 39.7 Å². The van der Waals surface area contributed by atoms with Crippen LogP contribution in [0.2, 0.25) is 0 Å². The summed E-state index contributed by atoms with van der Waals surface area (Å²) in [5.41, 5.74) is 0.335. The minimum atomic E-state index is -0.193. The predicted molar refractivity (Wildman–Crippen MR) is 78.9 cm³/mol. The van der Waals surface area contributed by atoms with E-state index in [1.54, 1.807) is 6.20 Å². The molecule has 2 N–H and O–H groups in total. The number of unbranched alkanes of at least 4 members (excludes halogenated alkanes) is 1. The summed E-state index contributed by atoms with van der Waals surface area (Å²) in [5, 5.41) is 5.86. The van der Waals surface area contributed by atoms with Crippen LogP contribution in [0, 0.1) is 0 Å². The van der Waals surface area contributed by atoms with Gasteiger partial charge in [-0.25, -0.2) is 4.98 Å². The van der Waals surface area contributed by atoms with Gasteiger partial charge in [-0.2, -0.15) is 0 Å². The number of hydrogen-bond donors (Lipinski definition) is 2. The van der Waals surface area contributed by atoms with Gasteiger partial charge in [0.25, 0.3) is 5.91 Å². The van der Waals surface area contributed by atoms with Gasteiger partial charge in [0.15, 0.2) is 0 Å². The molecule has 6 nitrogen and oxygen atoms in total. The van der Waals surface area contributed by atoms with Gasteiger partial charge in [0.05, 0.1) is 18.5 Å². The van der Waals surface area contributed by atoms with Crippen molar-refractivity contribution in [2.24, 2.45) is 0 Å². The summed E-state index contributed by atoms with van der Waals surface area (Å²) in [7, 11) is 0. The first kappa shape index (κ1) is 16.4. The van der Waals surface area contributed by atoms with Crippen LogP contribution in [0.1, 0.15) is 44.1 Å². The molecule has 1 aromatic rings. The molecule has 0 unspecified atom stereocenters. The van der Waals surface area contributed by atoms with Crippen LogP contribution in [0.3, 0.4) is 0 Å². The fourth-order valence-electron chi connectivity index (χ4n) is 1.58. The Morgan fingerprint density at radius 2 is 2.15 bits per heavy atom. The number of aromatic nitrogens is 2. The predicted octanol–water partition coefficient (Wildman–Crippen LogP) is 1.84. The largest absolute Gasteiger partial charge is 0.379 e. The van der Waals surface area contributed by atoms with Crippen molar-refractivity contribution in [3.05, 3.63) is 18.1 Å². The molecular formula is C14H24N4O2. The summed E-state index contributed by atoms with van der Waals surface area (Å²) in [6, 6.07) is 0. The van der Waals surface area contributed by atoms with Crippen molar-refractivity contribution >= 4 is 11.7 Å². The zero-order valence-electron chi connectivity index (χ0n) is 12.5. The van der Waals surface area contributed by atoms with Gasteiger partial charge < -0.3 is 15.4 Å². The molecule has 0 radical (unpaired) electrons. The second-order valence-electron chi connectivity index (χ2n) is 4.70.